The topological polar surface area (TPSA) is 92.3 Å². The summed E-state index contributed by atoms with van der Waals surface area (Å²) in [4.78, 5) is 20.3. The van der Waals surface area contributed by atoms with E-state index < -0.39 is 10.0 Å². The van der Waals surface area contributed by atoms with Crippen molar-refractivity contribution in [2.75, 3.05) is 7.05 Å². The number of amides is 1. The first-order chi connectivity index (χ1) is 12.2. The Hall–Kier alpha value is -2.03. The number of carbonyl (C=O) groups is 1. The van der Waals surface area contributed by atoms with E-state index >= 15 is 0 Å². The van der Waals surface area contributed by atoms with Crippen LogP contribution in [0.4, 0.5) is 0 Å². The first-order valence-corrected chi connectivity index (χ1v) is 9.89. The summed E-state index contributed by atoms with van der Waals surface area (Å²) in [5.74, 6) is 0.0400. The number of hydrogen-bond acceptors (Lipinski definition) is 5. The van der Waals surface area contributed by atoms with Crippen LogP contribution in [0.25, 0.3) is 0 Å². The molecule has 0 aliphatic heterocycles. The largest absolute Gasteiger partial charge is 0.350 e. The highest BCUT2D eigenvalue weighted by molar-refractivity contribution is 7.89. The van der Waals surface area contributed by atoms with E-state index in [4.69, 9.17) is 11.6 Å². The Morgan fingerprint density at radius 3 is 2.35 bits per heavy atom. The Morgan fingerprint density at radius 1 is 1.23 bits per heavy atom. The summed E-state index contributed by atoms with van der Waals surface area (Å²) >= 11 is 5.79. The van der Waals surface area contributed by atoms with Gasteiger partial charge in [-0.1, -0.05) is 18.5 Å². The van der Waals surface area contributed by atoms with Gasteiger partial charge in [-0.2, -0.15) is 4.31 Å². The predicted molar refractivity (Wildman–Crippen MR) is 99.4 cm³/mol. The molecule has 0 radical (unpaired) electrons. The van der Waals surface area contributed by atoms with Crippen LogP contribution in [-0.2, 0) is 16.6 Å². The molecule has 0 aliphatic carbocycles. The van der Waals surface area contributed by atoms with Crippen molar-refractivity contribution in [3.8, 4) is 0 Å². The van der Waals surface area contributed by atoms with Crippen LogP contribution >= 0.6 is 11.6 Å². The number of carbonyl (C=O) groups excluding carboxylic acids is 1. The molecule has 1 aromatic heterocycles. The van der Waals surface area contributed by atoms with Crippen molar-refractivity contribution >= 4 is 27.5 Å². The summed E-state index contributed by atoms with van der Waals surface area (Å²) in [6.07, 6.45) is 3.60. The monoisotopic (exact) mass is 396 g/mol. The van der Waals surface area contributed by atoms with Crippen molar-refractivity contribution in [1.29, 1.82) is 0 Å². The van der Waals surface area contributed by atoms with Gasteiger partial charge in [0, 0.05) is 30.5 Å². The van der Waals surface area contributed by atoms with Gasteiger partial charge in [-0.05, 0) is 37.6 Å². The molecular formula is C17H21ClN4O3S. The average molecular weight is 397 g/mol. The summed E-state index contributed by atoms with van der Waals surface area (Å²) < 4.78 is 26.2. The quantitative estimate of drug-likeness (QED) is 0.776. The van der Waals surface area contributed by atoms with Crippen LogP contribution in [0.1, 0.15) is 36.5 Å². The third kappa shape index (κ3) is 5.00. The summed E-state index contributed by atoms with van der Waals surface area (Å²) in [5, 5.41) is 3.28. The van der Waals surface area contributed by atoms with Gasteiger partial charge < -0.3 is 5.32 Å². The van der Waals surface area contributed by atoms with Crippen molar-refractivity contribution in [1.82, 2.24) is 19.6 Å². The van der Waals surface area contributed by atoms with Crippen LogP contribution in [0.3, 0.4) is 0 Å². The van der Waals surface area contributed by atoms with Crippen molar-refractivity contribution in [3.63, 3.8) is 0 Å². The maximum absolute atomic E-state index is 12.5. The highest BCUT2D eigenvalue weighted by atomic mass is 35.5. The Labute approximate surface area is 158 Å². The standard InChI is InChI=1S/C17H21ClN4O3S/c1-4-12(2)21-17(23)13-9-19-16(20-10-13)11-22(3)26(24,25)15-7-5-14(18)6-8-15/h5-10,12H,4,11H2,1-3H3,(H,21,23)/t12-/m1/s1. The van der Waals surface area contributed by atoms with E-state index in [1.54, 1.807) is 0 Å². The lowest BCUT2D eigenvalue weighted by atomic mass is 10.2. The Bertz CT molecular complexity index is 855. The van der Waals surface area contributed by atoms with Gasteiger partial charge in [-0.25, -0.2) is 18.4 Å². The second-order valence-corrected chi connectivity index (χ2v) is 8.37. The molecule has 0 spiro atoms. The number of nitrogens with zero attached hydrogens (tertiary/aromatic N) is 3. The van der Waals surface area contributed by atoms with Gasteiger partial charge >= 0.3 is 0 Å². The van der Waals surface area contributed by atoms with Crippen LogP contribution in [0.15, 0.2) is 41.6 Å². The van der Waals surface area contributed by atoms with Crippen LogP contribution in [0.5, 0.6) is 0 Å². The molecule has 1 N–H and O–H groups in total. The third-order valence-electron chi connectivity index (χ3n) is 3.84. The van der Waals surface area contributed by atoms with E-state index in [-0.39, 0.29) is 23.4 Å². The van der Waals surface area contributed by atoms with E-state index in [0.717, 1.165) is 10.7 Å². The molecule has 0 saturated heterocycles. The molecule has 0 aliphatic rings. The molecular weight excluding hydrogens is 376 g/mol. The van der Waals surface area contributed by atoms with Crippen molar-refractivity contribution in [2.45, 2.75) is 37.8 Å². The smallest absolute Gasteiger partial charge is 0.254 e. The fraction of sp³-hybridized carbons (Fsp3) is 0.353. The third-order valence-corrected chi connectivity index (χ3v) is 5.91. The maximum atomic E-state index is 12.5. The molecule has 9 heteroatoms. The average Bonchev–Trinajstić information content (AvgIpc) is 2.62. The van der Waals surface area contributed by atoms with Gasteiger partial charge in [0.15, 0.2) is 0 Å². The molecule has 7 nitrogen and oxygen atoms in total. The number of rotatable bonds is 7. The number of aromatic nitrogens is 2. The molecule has 2 rings (SSSR count). The highest BCUT2D eigenvalue weighted by Crippen LogP contribution is 2.18. The number of halogens is 1. The molecule has 0 saturated carbocycles. The van der Waals surface area contributed by atoms with Crippen molar-refractivity contribution < 1.29 is 13.2 Å². The fourth-order valence-electron chi connectivity index (χ4n) is 2.03. The highest BCUT2D eigenvalue weighted by Gasteiger charge is 2.22. The molecule has 0 unspecified atom stereocenters. The number of benzene rings is 1. The molecule has 140 valence electrons. The zero-order valence-corrected chi connectivity index (χ0v) is 16.4. The summed E-state index contributed by atoms with van der Waals surface area (Å²) in [6, 6.07) is 5.97. The molecule has 1 aromatic carbocycles. The van der Waals surface area contributed by atoms with E-state index in [0.29, 0.717) is 16.4 Å². The normalized spacial score (nSPS) is 12.8. The molecule has 1 heterocycles. The Balaban J connectivity index is 2.08. The van der Waals surface area contributed by atoms with E-state index in [1.807, 2.05) is 13.8 Å². The second kappa shape index (κ2) is 8.57. The van der Waals surface area contributed by atoms with Gasteiger partial charge in [-0.3, -0.25) is 4.79 Å². The minimum absolute atomic E-state index is 0.0157. The fourth-order valence-corrected chi connectivity index (χ4v) is 3.28. The Morgan fingerprint density at radius 2 is 1.81 bits per heavy atom. The molecule has 0 fully saturated rings. The van der Waals surface area contributed by atoms with Gasteiger partial charge in [-0.15, -0.1) is 0 Å². The zero-order valence-electron chi connectivity index (χ0n) is 14.8. The van der Waals surface area contributed by atoms with Crippen molar-refractivity contribution in [2.24, 2.45) is 0 Å². The minimum Gasteiger partial charge on any atom is -0.350 e. The van der Waals surface area contributed by atoms with Crippen LogP contribution in [0, 0.1) is 0 Å². The number of nitrogens with one attached hydrogen (secondary N) is 1. The minimum atomic E-state index is -3.68. The summed E-state index contributed by atoms with van der Waals surface area (Å²) in [5.41, 5.74) is 0.331. The van der Waals surface area contributed by atoms with E-state index in [1.165, 1.54) is 43.7 Å². The van der Waals surface area contributed by atoms with Crippen LogP contribution in [0.2, 0.25) is 5.02 Å². The SMILES string of the molecule is CC[C@@H](C)NC(=O)c1cnc(CN(C)S(=O)(=O)c2ccc(Cl)cc2)nc1. The molecule has 0 bridgehead atoms. The van der Waals surface area contributed by atoms with Crippen molar-refractivity contribution in [3.05, 3.63) is 53.1 Å². The van der Waals surface area contributed by atoms with E-state index in [9.17, 15) is 13.2 Å². The lowest BCUT2D eigenvalue weighted by Crippen LogP contribution is -2.32. The summed E-state index contributed by atoms with van der Waals surface area (Å²) in [7, 11) is -2.24. The van der Waals surface area contributed by atoms with Crippen LogP contribution < -0.4 is 5.32 Å². The van der Waals surface area contributed by atoms with E-state index in [2.05, 4.69) is 15.3 Å². The lowest BCUT2D eigenvalue weighted by molar-refractivity contribution is 0.0938. The number of hydrogen-bond donors (Lipinski definition) is 1. The zero-order chi connectivity index (χ0) is 19.3. The first kappa shape index (κ1) is 20.3. The first-order valence-electron chi connectivity index (χ1n) is 8.07. The maximum Gasteiger partial charge on any atom is 0.254 e. The van der Waals surface area contributed by atoms with Gasteiger partial charge in [0.05, 0.1) is 17.0 Å². The predicted octanol–water partition coefficient (Wildman–Crippen LogP) is 2.48. The number of sulfonamides is 1. The van der Waals surface area contributed by atoms with Crippen LogP contribution in [-0.4, -0.2) is 41.7 Å². The van der Waals surface area contributed by atoms with Gasteiger partial charge in [0.1, 0.15) is 5.82 Å². The molecule has 26 heavy (non-hydrogen) atoms. The Kier molecular flexibility index (Phi) is 6.69. The summed E-state index contributed by atoms with van der Waals surface area (Å²) in [6.45, 7) is 3.86. The van der Waals surface area contributed by atoms with Gasteiger partial charge in [0.2, 0.25) is 10.0 Å². The molecule has 1 amide bonds. The van der Waals surface area contributed by atoms with Gasteiger partial charge in [0.25, 0.3) is 5.91 Å². The molecule has 1 atom stereocenters. The lowest BCUT2D eigenvalue weighted by Gasteiger charge is -2.16. The molecule has 2 aromatic rings. The second-order valence-electron chi connectivity index (χ2n) is 5.89.